The zero-order chi connectivity index (χ0) is 20.5. The average molecular weight is 392 g/mol. The predicted octanol–water partition coefficient (Wildman–Crippen LogP) is 1.89. The Morgan fingerprint density at radius 1 is 1.25 bits per heavy atom. The molecule has 1 aliphatic heterocycles. The highest BCUT2D eigenvalue weighted by atomic mass is 16.5. The molecule has 1 aliphatic rings. The molecule has 2 rings (SSSR count). The Bertz CT molecular complexity index is 665. The van der Waals surface area contributed by atoms with Gasteiger partial charge >= 0.3 is 0 Å². The van der Waals surface area contributed by atoms with Crippen LogP contribution in [0.1, 0.15) is 38.7 Å². The Morgan fingerprint density at radius 3 is 2.64 bits per heavy atom. The van der Waals surface area contributed by atoms with E-state index in [1.807, 2.05) is 12.1 Å². The molecule has 3 N–H and O–H groups in total. The second-order valence-electron chi connectivity index (χ2n) is 7.48. The van der Waals surface area contributed by atoms with Crippen LogP contribution in [0.4, 0.5) is 0 Å². The molecule has 7 heteroatoms. The number of aromatic hydroxyl groups is 1. The van der Waals surface area contributed by atoms with E-state index in [4.69, 9.17) is 4.74 Å². The standard InChI is InChI=1S/C21H33N3O4/c1-4-16-13-24(14-18-5-6-19(28-3)12-20(18)26)10-7-17(16)11-21(27)23-9-8-22-15(2)25/h5-6,12,16-17,26H,4,7-11,13-14H2,1-3H3,(H,22,25)(H,23,27)/t16-,17-/m0/s1. The molecule has 2 atom stereocenters. The zero-order valence-corrected chi connectivity index (χ0v) is 17.2. The molecule has 1 heterocycles. The van der Waals surface area contributed by atoms with Crippen molar-refractivity contribution < 1.29 is 19.4 Å². The fourth-order valence-electron chi connectivity index (χ4n) is 3.83. The lowest BCUT2D eigenvalue weighted by atomic mass is 9.81. The minimum atomic E-state index is -0.0874. The van der Waals surface area contributed by atoms with E-state index in [9.17, 15) is 14.7 Å². The molecule has 0 aliphatic carbocycles. The zero-order valence-electron chi connectivity index (χ0n) is 17.2. The molecule has 0 aromatic heterocycles. The maximum absolute atomic E-state index is 12.2. The molecule has 156 valence electrons. The number of hydrogen-bond donors (Lipinski definition) is 3. The smallest absolute Gasteiger partial charge is 0.220 e. The number of rotatable bonds is 9. The van der Waals surface area contributed by atoms with E-state index in [1.54, 1.807) is 13.2 Å². The van der Waals surface area contributed by atoms with Gasteiger partial charge < -0.3 is 20.5 Å². The topological polar surface area (TPSA) is 90.9 Å². The van der Waals surface area contributed by atoms with Gasteiger partial charge in [0.05, 0.1) is 7.11 Å². The van der Waals surface area contributed by atoms with Crippen LogP contribution in [0.25, 0.3) is 0 Å². The molecule has 1 aromatic carbocycles. The third-order valence-corrected chi connectivity index (χ3v) is 5.45. The van der Waals surface area contributed by atoms with Crippen molar-refractivity contribution in [3.05, 3.63) is 23.8 Å². The molecule has 2 amide bonds. The van der Waals surface area contributed by atoms with Crippen LogP contribution >= 0.6 is 0 Å². The van der Waals surface area contributed by atoms with Crippen LogP contribution in [-0.2, 0) is 16.1 Å². The maximum atomic E-state index is 12.2. The minimum absolute atomic E-state index is 0.0510. The molecule has 7 nitrogen and oxygen atoms in total. The van der Waals surface area contributed by atoms with E-state index in [0.29, 0.717) is 43.6 Å². The number of nitrogens with one attached hydrogen (secondary N) is 2. The molecular weight excluding hydrogens is 358 g/mol. The fraction of sp³-hybridized carbons (Fsp3) is 0.619. The summed E-state index contributed by atoms with van der Waals surface area (Å²) >= 11 is 0. The summed E-state index contributed by atoms with van der Waals surface area (Å²) in [6.45, 7) is 7.08. The van der Waals surface area contributed by atoms with Crippen molar-refractivity contribution in [2.24, 2.45) is 11.8 Å². The van der Waals surface area contributed by atoms with Crippen LogP contribution in [0.2, 0.25) is 0 Å². The van der Waals surface area contributed by atoms with Gasteiger partial charge in [-0.2, -0.15) is 0 Å². The highest BCUT2D eigenvalue weighted by Gasteiger charge is 2.29. The molecule has 0 unspecified atom stereocenters. The molecule has 1 fully saturated rings. The Labute approximate surface area is 167 Å². The molecular formula is C21H33N3O4. The van der Waals surface area contributed by atoms with Gasteiger partial charge in [-0.15, -0.1) is 0 Å². The number of phenolic OH excluding ortho intramolecular Hbond substituents is 1. The third kappa shape index (κ3) is 6.71. The number of carbonyl (C=O) groups excluding carboxylic acids is 2. The quantitative estimate of drug-likeness (QED) is 0.559. The van der Waals surface area contributed by atoms with E-state index in [-0.39, 0.29) is 17.6 Å². The highest BCUT2D eigenvalue weighted by Crippen LogP contribution is 2.31. The first kappa shape index (κ1) is 22.0. The van der Waals surface area contributed by atoms with Gasteiger partial charge in [-0.3, -0.25) is 14.5 Å². The van der Waals surface area contributed by atoms with Crippen molar-refractivity contribution in [3.63, 3.8) is 0 Å². The van der Waals surface area contributed by atoms with Crippen molar-refractivity contribution in [2.75, 3.05) is 33.3 Å². The Hall–Kier alpha value is -2.28. The predicted molar refractivity (Wildman–Crippen MR) is 108 cm³/mol. The van der Waals surface area contributed by atoms with Crippen LogP contribution in [0.15, 0.2) is 18.2 Å². The number of carbonyl (C=O) groups is 2. The molecule has 0 saturated carbocycles. The summed E-state index contributed by atoms with van der Waals surface area (Å²) in [5, 5.41) is 15.8. The molecule has 1 saturated heterocycles. The van der Waals surface area contributed by atoms with Gasteiger partial charge in [-0.05, 0) is 30.9 Å². The van der Waals surface area contributed by atoms with Crippen molar-refractivity contribution in [1.82, 2.24) is 15.5 Å². The van der Waals surface area contributed by atoms with Gasteiger partial charge in [-0.1, -0.05) is 19.4 Å². The number of likely N-dealkylation sites (tertiary alicyclic amines) is 1. The average Bonchev–Trinajstić information content (AvgIpc) is 2.67. The summed E-state index contributed by atoms with van der Waals surface area (Å²) in [6.07, 6.45) is 2.52. The first-order valence-electron chi connectivity index (χ1n) is 10.0. The Morgan fingerprint density at radius 2 is 2.00 bits per heavy atom. The summed E-state index contributed by atoms with van der Waals surface area (Å²) in [5.41, 5.74) is 0.893. The van der Waals surface area contributed by atoms with E-state index in [2.05, 4.69) is 22.5 Å². The lowest BCUT2D eigenvalue weighted by molar-refractivity contribution is -0.123. The number of benzene rings is 1. The monoisotopic (exact) mass is 391 g/mol. The number of amides is 2. The second kappa shape index (κ2) is 10.9. The summed E-state index contributed by atoms with van der Waals surface area (Å²) in [5.74, 6) is 1.69. The second-order valence-corrected chi connectivity index (χ2v) is 7.48. The summed E-state index contributed by atoms with van der Waals surface area (Å²) < 4.78 is 5.14. The third-order valence-electron chi connectivity index (χ3n) is 5.45. The number of methoxy groups -OCH3 is 1. The minimum Gasteiger partial charge on any atom is -0.507 e. The van der Waals surface area contributed by atoms with Crippen molar-refractivity contribution in [3.8, 4) is 11.5 Å². The summed E-state index contributed by atoms with van der Waals surface area (Å²) in [7, 11) is 1.58. The Balaban J connectivity index is 1.82. The lowest BCUT2D eigenvalue weighted by Crippen LogP contribution is -2.42. The Kier molecular flexibility index (Phi) is 8.57. The molecule has 0 spiro atoms. The SMILES string of the molecule is CC[C@H]1CN(Cc2ccc(OC)cc2O)CC[C@H]1CC(=O)NCCNC(C)=O. The van der Waals surface area contributed by atoms with E-state index in [0.717, 1.165) is 31.5 Å². The van der Waals surface area contributed by atoms with E-state index in [1.165, 1.54) is 6.92 Å². The van der Waals surface area contributed by atoms with Gasteiger partial charge in [0.25, 0.3) is 0 Å². The van der Waals surface area contributed by atoms with Crippen LogP contribution < -0.4 is 15.4 Å². The first-order valence-corrected chi connectivity index (χ1v) is 10.0. The number of ether oxygens (including phenoxy) is 1. The van der Waals surface area contributed by atoms with Crippen molar-refractivity contribution >= 4 is 11.8 Å². The first-order chi connectivity index (χ1) is 13.4. The highest BCUT2D eigenvalue weighted by molar-refractivity contribution is 5.76. The lowest BCUT2D eigenvalue weighted by Gasteiger charge is -2.38. The number of piperidine rings is 1. The van der Waals surface area contributed by atoms with Gasteiger partial charge in [0, 0.05) is 51.2 Å². The molecule has 0 radical (unpaired) electrons. The van der Waals surface area contributed by atoms with Crippen LogP contribution in [-0.4, -0.2) is 55.1 Å². The molecule has 1 aromatic rings. The van der Waals surface area contributed by atoms with Crippen molar-refractivity contribution in [2.45, 2.75) is 39.7 Å². The summed E-state index contributed by atoms with van der Waals surface area (Å²) in [4.78, 5) is 25.4. The van der Waals surface area contributed by atoms with Crippen LogP contribution in [0, 0.1) is 11.8 Å². The summed E-state index contributed by atoms with van der Waals surface area (Å²) in [6, 6.07) is 5.42. The number of nitrogens with zero attached hydrogens (tertiary/aromatic N) is 1. The number of hydrogen-bond acceptors (Lipinski definition) is 5. The number of phenols is 1. The fourth-order valence-corrected chi connectivity index (χ4v) is 3.83. The normalized spacial score (nSPS) is 19.8. The van der Waals surface area contributed by atoms with Crippen molar-refractivity contribution in [1.29, 1.82) is 0 Å². The van der Waals surface area contributed by atoms with Crippen LogP contribution in [0.5, 0.6) is 11.5 Å². The van der Waals surface area contributed by atoms with Gasteiger partial charge in [-0.25, -0.2) is 0 Å². The van der Waals surface area contributed by atoms with Gasteiger partial charge in [0.1, 0.15) is 11.5 Å². The van der Waals surface area contributed by atoms with Gasteiger partial charge in [0.15, 0.2) is 0 Å². The largest absolute Gasteiger partial charge is 0.507 e. The maximum Gasteiger partial charge on any atom is 0.220 e. The van der Waals surface area contributed by atoms with Crippen LogP contribution in [0.3, 0.4) is 0 Å². The molecule has 28 heavy (non-hydrogen) atoms. The van der Waals surface area contributed by atoms with E-state index >= 15 is 0 Å². The van der Waals surface area contributed by atoms with Gasteiger partial charge in [0.2, 0.25) is 11.8 Å². The van der Waals surface area contributed by atoms with E-state index < -0.39 is 0 Å². The molecule has 0 bridgehead atoms.